The number of aryl methyl sites for hydroxylation is 2. The number of hydrogen-bond donors (Lipinski definition) is 0. The molecule has 1 aromatic rings. The van der Waals surface area contributed by atoms with E-state index in [9.17, 15) is 14.4 Å². The highest BCUT2D eigenvalue weighted by Gasteiger charge is 2.42. The Morgan fingerprint density at radius 2 is 2.00 bits per heavy atom. The van der Waals surface area contributed by atoms with Crippen molar-refractivity contribution in [2.24, 2.45) is 5.41 Å². The SMILES string of the molecule is CCN1C[C@]2(CCCN(C(=O)Cn3nc(C)c(C)cc3=O)C2)CCC1=O. The van der Waals surface area contributed by atoms with Crippen LogP contribution in [0.15, 0.2) is 10.9 Å². The van der Waals surface area contributed by atoms with Crippen molar-refractivity contribution in [2.45, 2.75) is 53.0 Å². The van der Waals surface area contributed by atoms with Gasteiger partial charge < -0.3 is 9.80 Å². The third kappa shape index (κ3) is 3.66. The lowest BCUT2D eigenvalue weighted by atomic mass is 9.73. The van der Waals surface area contributed by atoms with Crippen LogP contribution in [0.5, 0.6) is 0 Å². The van der Waals surface area contributed by atoms with E-state index in [1.165, 1.54) is 10.7 Å². The summed E-state index contributed by atoms with van der Waals surface area (Å²) in [5, 5.41) is 4.25. The Morgan fingerprint density at radius 3 is 2.73 bits per heavy atom. The molecule has 142 valence electrons. The van der Waals surface area contributed by atoms with Crippen molar-refractivity contribution in [1.82, 2.24) is 19.6 Å². The molecule has 0 aliphatic carbocycles. The zero-order valence-electron chi connectivity index (χ0n) is 16.0. The zero-order chi connectivity index (χ0) is 18.9. The molecule has 1 atom stereocenters. The smallest absolute Gasteiger partial charge is 0.267 e. The standard InChI is InChI=1S/C19H28N4O3/c1-4-21-12-19(8-6-16(21)24)7-5-9-22(13-19)18(26)11-23-17(25)10-14(2)15(3)20-23/h10H,4-9,11-13H2,1-3H3/t19-/m0/s1. The maximum Gasteiger partial charge on any atom is 0.267 e. The minimum atomic E-state index is -0.242. The minimum Gasteiger partial charge on any atom is -0.342 e. The van der Waals surface area contributed by atoms with Gasteiger partial charge >= 0.3 is 0 Å². The fraction of sp³-hybridized carbons (Fsp3) is 0.684. The Morgan fingerprint density at radius 1 is 1.23 bits per heavy atom. The van der Waals surface area contributed by atoms with Crippen LogP contribution in [0.3, 0.4) is 0 Å². The quantitative estimate of drug-likeness (QED) is 0.809. The van der Waals surface area contributed by atoms with E-state index in [1.807, 2.05) is 30.6 Å². The van der Waals surface area contributed by atoms with Crippen LogP contribution < -0.4 is 5.56 Å². The van der Waals surface area contributed by atoms with Gasteiger partial charge in [0, 0.05) is 44.1 Å². The van der Waals surface area contributed by atoms with E-state index in [0.29, 0.717) is 19.5 Å². The van der Waals surface area contributed by atoms with E-state index in [2.05, 4.69) is 5.10 Å². The molecule has 2 saturated heterocycles. The monoisotopic (exact) mass is 360 g/mol. The molecule has 0 aromatic carbocycles. The average Bonchev–Trinajstić information content (AvgIpc) is 2.62. The van der Waals surface area contributed by atoms with Gasteiger partial charge in [0.1, 0.15) is 6.54 Å². The van der Waals surface area contributed by atoms with E-state index < -0.39 is 0 Å². The van der Waals surface area contributed by atoms with Crippen molar-refractivity contribution in [2.75, 3.05) is 26.2 Å². The number of likely N-dealkylation sites (tertiary alicyclic amines) is 2. The fourth-order valence-corrected chi connectivity index (χ4v) is 4.16. The predicted molar refractivity (Wildman–Crippen MR) is 97.7 cm³/mol. The molecule has 0 bridgehead atoms. The first-order valence-corrected chi connectivity index (χ1v) is 9.44. The Kier molecular flexibility index (Phi) is 5.16. The van der Waals surface area contributed by atoms with Gasteiger partial charge in [-0.1, -0.05) is 0 Å². The molecule has 2 aliphatic heterocycles. The van der Waals surface area contributed by atoms with Gasteiger partial charge in [-0.25, -0.2) is 4.68 Å². The number of aromatic nitrogens is 2. The van der Waals surface area contributed by atoms with E-state index in [1.54, 1.807) is 0 Å². The molecule has 7 nitrogen and oxygen atoms in total. The number of amides is 2. The van der Waals surface area contributed by atoms with Gasteiger partial charge in [-0.2, -0.15) is 5.10 Å². The summed E-state index contributed by atoms with van der Waals surface area (Å²) in [7, 11) is 0. The summed E-state index contributed by atoms with van der Waals surface area (Å²) >= 11 is 0. The first-order chi connectivity index (χ1) is 12.3. The molecule has 26 heavy (non-hydrogen) atoms. The predicted octanol–water partition coefficient (Wildman–Crippen LogP) is 1.11. The third-order valence-corrected chi connectivity index (χ3v) is 5.86. The van der Waals surface area contributed by atoms with Gasteiger partial charge in [-0.15, -0.1) is 0 Å². The highest BCUT2D eigenvalue weighted by atomic mass is 16.2. The maximum absolute atomic E-state index is 12.8. The van der Waals surface area contributed by atoms with E-state index in [-0.39, 0.29) is 29.3 Å². The molecule has 0 N–H and O–H groups in total. The van der Waals surface area contributed by atoms with Crippen LogP contribution in [0.1, 0.15) is 43.9 Å². The van der Waals surface area contributed by atoms with Crippen molar-refractivity contribution in [3.05, 3.63) is 27.7 Å². The molecule has 0 saturated carbocycles. The summed E-state index contributed by atoms with van der Waals surface area (Å²) in [6.45, 7) is 8.48. The van der Waals surface area contributed by atoms with Gasteiger partial charge in [0.15, 0.2) is 0 Å². The number of rotatable bonds is 3. The Balaban J connectivity index is 1.72. The molecule has 2 fully saturated rings. The summed E-state index contributed by atoms with van der Waals surface area (Å²) < 4.78 is 1.26. The van der Waals surface area contributed by atoms with E-state index >= 15 is 0 Å². The fourth-order valence-electron chi connectivity index (χ4n) is 4.16. The van der Waals surface area contributed by atoms with Crippen LogP contribution in [-0.2, 0) is 16.1 Å². The number of nitrogens with zero attached hydrogens (tertiary/aromatic N) is 4. The summed E-state index contributed by atoms with van der Waals surface area (Å²) in [6.07, 6.45) is 3.39. The molecule has 0 unspecified atom stereocenters. The highest BCUT2D eigenvalue weighted by Crippen LogP contribution is 2.38. The van der Waals surface area contributed by atoms with Crippen molar-refractivity contribution in [3.8, 4) is 0 Å². The second kappa shape index (κ2) is 7.21. The lowest BCUT2D eigenvalue weighted by molar-refractivity contribution is -0.143. The zero-order valence-corrected chi connectivity index (χ0v) is 16.0. The summed E-state index contributed by atoms with van der Waals surface area (Å²) in [4.78, 5) is 40.7. The van der Waals surface area contributed by atoms with Crippen LogP contribution in [0, 0.1) is 19.3 Å². The van der Waals surface area contributed by atoms with Crippen molar-refractivity contribution in [3.63, 3.8) is 0 Å². The molecule has 0 radical (unpaired) electrons. The molecule has 2 amide bonds. The summed E-state index contributed by atoms with van der Waals surface area (Å²) in [5.41, 5.74) is 1.35. The topological polar surface area (TPSA) is 75.5 Å². The van der Waals surface area contributed by atoms with Gasteiger partial charge in [0.05, 0.1) is 5.69 Å². The molecule has 3 rings (SSSR count). The maximum atomic E-state index is 12.8. The second-order valence-corrected chi connectivity index (χ2v) is 7.74. The van der Waals surface area contributed by atoms with Crippen LogP contribution in [-0.4, -0.2) is 57.6 Å². The van der Waals surface area contributed by atoms with E-state index in [4.69, 9.17) is 0 Å². The lowest BCUT2D eigenvalue weighted by Gasteiger charge is -2.48. The van der Waals surface area contributed by atoms with Gasteiger partial charge in [0.2, 0.25) is 11.8 Å². The van der Waals surface area contributed by atoms with Crippen molar-refractivity contribution >= 4 is 11.8 Å². The van der Waals surface area contributed by atoms with Crippen LogP contribution in [0.25, 0.3) is 0 Å². The molecular formula is C19H28N4O3. The first kappa shape index (κ1) is 18.6. The van der Waals surface area contributed by atoms with Gasteiger partial charge in [-0.05, 0) is 45.6 Å². The Labute approximate surface area is 154 Å². The first-order valence-electron chi connectivity index (χ1n) is 9.44. The number of carbonyl (C=O) groups is 2. The molecule has 7 heteroatoms. The lowest BCUT2D eigenvalue weighted by Crippen LogP contribution is -2.55. The number of hydrogen-bond acceptors (Lipinski definition) is 4. The largest absolute Gasteiger partial charge is 0.342 e. The molecule has 1 aromatic heterocycles. The molecule has 2 aliphatic rings. The van der Waals surface area contributed by atoms with Crippen LogP contribution >= 0.6 is 0 Å². The van der Waals surface area contributed by atoms with E-state index in [0.717, 1.165) is 43.6 Å². The van der Waals surface area contributed by atoms with Gasteiger partial charge in [0.25, 0.3) is 5.56 Å². The minimum absolute atomic E-state index is 0.000583. The normalized spacial score (nSPS) is 23.6. The van der Waals surface area contributed by atoms with Crippen molar-refractivity contribution in [1.29, 1.82) is 0 Å². The molecule has 1 spiro atoms. The number of carbonyl (C=O) groups excluding carboxylic acids is 2. The molecular weight excluding hydrogens is 332 g/mol. The van der Waals surface area contributed by atoms with Crippen LogP contribution in [0.4, 0.5) is 0 Å². The summed E-state index contributed by atoms with van der Waals surface area (Å²) in [6, 6.07) is 1.53. The third-order valence-electron chi connectivity index (χ3n) is 5.86. The van der Waals surface area contributed by atoms with Crippen molar-refractivity contribution < 1.29 is 9.59 Å². The average molecular weight is 360 g/mol. The highest BCUT2D eigenvalue weighted by molar-refractivity contribution is 5.78. The number of piperidine rings is 2. The van der Waals surface area contributed by atoms with Crippen LogP contribution in [0.2, 0.25) is 0 Å². The van der Waals surface area contributed by atoms with Gasteiger partial charge in [-0.3, -0.25) is 14.4 Å². The molecule has 3 heterocycles. The Bertz CT molecular complexity index is 773. The second-order valence-electron chi connectivity index (χ2n) is 7.74. The Hall–Kier alpha value is -2.18. The summed E-state index contributed by atoms with van der Waals surface area (Å²) in [5.74, 6) is 0.148.